The molecule has 0 bridgehead atoms. The van der Waals surface area contributed by atoms with E-state index in [0.717, 1.165) is 62.0 Å². The van der Waals surface area contributed by atoms with E-state index >= 15 is 0 Å². The predicted octanol–water partition coefficient (Wildman–Crippen LogP) is 3.84. The first-order chi connectivity index (χ1) is 16.8. The molecule has 2 saturated heterocycles. The van der Waals surface area contributed by atoms with E-state index in [2.05, 4.69) is 31.4 Å². The van der Waals surface area contributed by atoms with Crippen LogP contribution in [-0.2, 0) is 4.74 Å². The minimum atomic E-state index is -0.187. The zero-order valence-electron chi connectivity index (χ0n) is 22.4. The Kier molecular flexibility index (Phi) is 6.45. The van der Waals surface area contributed by atoms with Crippen LogP contribution in [-0.4, -0.2) is 89.8 Å². The molecular formula is C30H51N2O3+. The van der Waals surface area contributed by atoms with Crippen LogP contribution in [0.5, 0.6) is 0 Å². The summed E-state index contributed by atoms with van der Waals surface area (Å²) in [5.74, 6) is 2.78. The van der Waals surface area contributed by atoms with Crippen molar-refractivity contribution in [2.45, 2.75) is 95.9 Å². The Morgan fingerprint density at radius 3 is 2.46 bits per heavy atom. The van der Waals surface area contributed by atoms with Gasteiger partial charge in [-0.15, -0.1) is 0 Å². The van der Waals surface area contributed by atoms with Crippen molar-refractivity contribution >= 4 is 0 Å². The molecule has 2 aliphatic heterocycles. The summed E-state index contributed by atoms with van der Waals surface area (Å²) < 4.78 is 6.73. The van der Waals surface area contributed by atoms with Crippen LogP contribution in [0.15, 0.2) is 12.7 Å². The van der Waals surface area contributed by atoms with Gasteiger partial charge in [-0.2, -0.15) is 0 Å². The average Bonchev–Trinajstić information content (AvgIpc) is 3.43. The summed E-state index contributed by atoms with van der Waals surface area (Å²) in [5.41, 5.74) is 0.387. The molecule has 4 saturated carbocycles. The fourth-order valence-corrected chi connectivity index (χ4v) is 10.9. The Labute approximate surface area is 213 Å². The Balaban J connectivity index is 1.26. The van der Waals surface area contributed by atoms with E-state index in [0.29, 0.717) is 29.3 Å². The molecule has 35 heavy (non-hydrogen) atoms. The number of morpholine rings is 1. The molecule has 6 rings (SSSR count). The summed E-state index contributed by atoms with van der Waals surface area (Å²) >= 11 is 0. The number of aliphatic hydroxyl groups excluding tert-OH is 2. The van der Waals surface area contributed by atoms with Crippen LogP contribution in [0.1, 0.15) is 71.6 Å². The molecule has 2 heterocycles. The Hall–Kier alpha value is -0.460. The van der Waals surface area contributed by atoms with Crippen LogP contribution in [0, 0.1) is 34.5 Å². The Morgan fingerprint density at radius 1 is 1.00 bits per heavy atom. The average molecular weight is 488 g/mol. The molecule has 0 unspecified atom stereocenters. The van der Waals surface area contributed by atoms with Crippen molar-refractivity contribution in [3.63, 3.8) is 0 Å². The summed E-state index contributed by atoms with van der Waals surface area (Å²) in [5, 5.41) is 23.1. The number of fused-ring (bicyclic) bond motifs is 5. The number of rotatable bonds is 4. The molecule has 0 spiro atoms. The van der Waals surface area contributed by atoms with E-state index in [9.17, 15) is 10.2 Å². The summed E-state index contributed by atoms with van der Waals surface area (Å²) in [4.78, 5) is 2.54. The van der Waals surface area contributed by atoms with Crippen LogP contribution >= 0.6 is 0 Å². The number of aliphatic hydroxyl groups is 2. The van der Waals surface area contributed by atoms with Gasteiger partial charge in [0.15, 0.2) is 0 Å². The summed E-state index contributed by atoms with van der Waals surface area (Å²) in [6, 6.07) is 0.684. The second-order valence-electron chi connectivity index (χ2n) is 14.0. The van der Waals surface area contributed by atoms with Gasteiger partial charge in [0.1, 0.15) is 12.1 Å². The number of ether oxygens (including phenoxy) is 1. The van der Waals surface area contributed by atoms with Gasteiger partial charge in [0.05, 0.1) is 39.0 Å². The highest BCUT2D eigenvalue weighted by atomic mass is 16.5. The molecule has 0 radical (unpaired) electrons. The Morgan fingerprint density at radius 2 is 1.74 bits per heavy atom. The highest BCUT2D eigenvalue weighted by Gasteiger charge is 2.66. The molecule has 4 aliphatic carbocycles. The van der Waals surface area contributed by atoms with Gasteiger partial charge in [-0.25, -0.2) is 0 Å². The monoisotopic (exact) mass is 487 g/mol. The van der Waals surface area contributed by atoms with Gasteiger partial charge in [-0.1, -0.05) is 20.4 Å². The fraction of sp³-hybridized carbons (Fsp3) is 0.933. The predicted molar refractivity (Wildman–Crippen MR) is 139 cm³/mol. The molecule has 0 aromatic carbocycles. The first-order valence-corrected chi connectivity index (χ1v) is 15.0. The third-order valence-electron chi connectivity index (χ3n) is 12.8. The van der Waals surface area contributed by atoms with Gasteiger partial charge in [-0.3, -0.25) is 4.90 Å². The van der Waals surface area contributed by atoms with E-state index in [1.807, 2.05) is 0 Å². The van der Waals surface area contributed by atoms with Gasteiger partial charge >= 0.3 is 0 Å². The van der Waals surface area contributed by atoms with Crippen LogP contribution in [0.3, 0.4) is 0 Å². The van der Waals surface area contributed by atoms with Crippen LogP contribution in [0.25, 0.3) is 0 Å². The lowest BCUT2D eigenvalue weighted by atomic mass is 9.44. The van der Waals surface area contributed by atoms with Crippen LogP contribution < -0.4 is 0 Å². The van der Waals surface area contributed by atoms with E-state index in [1.165, 1.54) is 58.0 Å². The standard InChI is InChI=1S/C30H51N2O3/c1-4-13-32(14-5-6-15-32)26-19-24-22-8-7-21-18-27(33)25(31-11-16-35-17-12-31)20-30(21,3)23(22)9-10-29(24,2)28(26)34/h4,21-28,33-34H,1,5-20H2,2-3H3/q+1/t21-,22+,23-,24-,25-,26-,27-,28-,29+,30+/m0/s1. The zero-order valence-corrected chi connectivity index (χ0v) is 22.4. The lowest BCUT2D eigenvalue weighted by molar-refractivity contribution is -0.938. The van der Waals surface area contributed by atoms with Crippen LogP contribution in [0.2, 0.25) is 0 Å². The van der Waals surface area contributed by atoms with Crippen molar-refractivity contribution in [1.29, 1.82) is 0 Å². The molecule has 198 valence electrons. The maximum absolute atomic E-state index is 11.9. The minimum Gasteiger partial charge on any atom is -0.391 e. The molecule has 5 nitrogen and oxygen atoms in total. The zero-order chi connectivity index (χ0) is 24.4. The quantitative estimate of drug-likeness (QED) is 0.467. The van der Waals surface area contributed by atoms with E-state index in [1.54, 1.807) is 0 Å². The molecule has 0 aromatic rings. The number of quaternary nitrogens is 1. The largest absolute Gasteiger partial charge is 0.391 e. The fourth-order valence-electron chi connectivity index (χ4n) is 10.9. The minimum absolute atomic E-state index is 0.0713. The van der Waals surface area contributed by atoms with Crippen molar-refractivity contribution in [2.24, 2.45) is 34.5 Å². The number of hydrogen-bond acceptors (Lipinski definition) is 4. The maximum Gasteiger partial charge on any atom is 0.116 e. The molecule has 6 fully saturated rings. The second-order valence-corrected chi connectivity index (χ2v) is 14.0. The number of likely N-dealkylation sites (tertiary alicyclic amines) is 1. The Bertz CT molecular complexity index is 792. The molecule has 6 aliphatic rings. The van der Waals surface area contributed by atoms with Crippen molar-refractivity contribution < 1.29 is 19.4 Å². The molecule has 0 amide bonds. The third kappa shape index (κ3) is 3.73. The first kappa shape index (κ1) is 24.9. The number of hydrogen-bond donors (Lipinski definition) is 2. The SMILES string of the molecule is C=CC[N+]1([C@H]2C[C@H]3[C@@H]4CC[C@H]5C[C@H](O)[C@@H](N6CCOCC6)C[C@@]5(C)[C@H]4CC[C@@]3(C)[C@H]2O)CCCC1. The number of nitrogens with zero attached hydrogens (tertiary/aromatic N) is 2. The maximum atomic E-state index is 11.9. The van der Waals surface area contributed by atoms with E-state index in [4.69, 9.17) is 4.74 Å². The van der Waals surface area contributed by atoms with Gasteiger partial charge < -0.3 is 19.4 Å². The van der Waals surface area contributed by atoms with Crippen molar-refractivity contribution in [2.75, 3.05) is 45.9 Å². The van der Waals surface area contributed by atoms with Gasteiger partial charge in [0.2, 0.25) is 0 Å². The molecular weight excluding hydrogens is 436 g/mol. The molecule has 2 N–H and O–H groups in total. The third-order valence-corrected chi connectivity index (χ3v) is 12.8. The van der Waals surface area contributed by atoms with Gasteiger partial charge in [-0.05, 0) is 73.7 Å². The molecule has 5 heteroatoms. The topological polar surface area (TPSA) is 52.9 Å². The first-order valence-electron chi connectivity index (χ1n) is 15.0. The molecule has 10 atom stereocenters. The van der Waals surface area contributed by atoms with Crippen molar-refractivity contribution in [3.05, 3.63) is 12.7 Å². The van der Waals surface area contributed by atoms with Gasteiger partial charge in [0, 0.05) is 43.8 Å². The summed E-state index contributed by atoms with van der Waals surface area (Å²) in [6.45, 7) is 16.2. The highest BCUT2D eigenvalue weighted by Crippen LogP contribution is 2.67. The van der Waals surface area contributed by atoms with E-state index < -0.39 is 0 Å². The lowest BCUT2D eigenvalue weighted by Gasteiger charge is -2.62. The van der Waals surface area contributed by atoms with E-state index in [-0.39, 0.29) is 17.6 Å². The van der Waals surface area contributed by atoms with Crippen molar-refractivity contribution in [1.82, 2.24) is 4.90 Å². The smallest absolute Gasteiger partial charge is 0.116 e. The van der Waals surface area contributed by atoms with Crippen LogP contribution in [0.4, 0.5) is 0 Å². The van der Waals surface area contributed by atoms with Crippen molar-refractivity contribution in [3.8, 4) is 0 Å². The lowest BCUT2D eigenvalue weighted by Crippen LogP contribution is -2.61. The summed E-state index contributed by atoms with van der Waals surface area (Å²) in [7, 11) is 0. The summed E-state index contributed by atoms with van der Waals surface area (Å²) in [6.07, 6.45) is 12.7. The molecule has 0 aromatic heterocycles. The normalized spacial score (nSPS) is 51.9. The second kappa shape index (κ2) is 9.08. The highest BCUT2D eigenvalue weighted by molar-refractivity contribution is 5.13. The van der Waals surface area contributed by atoms with Gasteiger partial charge in [0.25, 0.3) is 0 Å².